The van der Waals surface area contributed by atoms with Gasteiger partial charge in [-0.05, 0) is 29.8 Å². The zero-order chi connectivity index (χ0) is 26.9. The van der Waals surface area contributed by atoms with Crippen LogP contribution in [0.1, 0.15) is 5.56 Å². The lowest BCUT2D eigenvalue weighted by molar-refractivity contribution is -0.115. The topological polar surface area (TPSA) is 138 Å². The van der Waals surface area contributed by atoms with Crippen LogP contribution in [0, 0.1) is 0 Å². The van der Waals surface area contributed by atoms with Crippen molar-refractivity contribution in [1.82, 2.24) is 40.1 Å². The number of pyridine rings is 4. The van der Waals surface area contributed by atoms with E-state index in [0.717, 1.165) is 38.7 Å². The molecule has 7 rings (SSSR count). The van der Waals surface area contributed by atoms with Gasteiger partial charge in [-0.2, -0.15) is 5.10 Å². The fourth-order valence-corrected chi connectivity index (χ4v) is 4.68. The summed E-state index contributed by atoms with van der Waals surface area (Å²) >= 11 is 0. The lowest BCUT2D eigenvalue weighted by Crippen LogP contribution is -2.14. The maximum Gasteiger partial charge on any atom is 0.228 e. The number of rotatable bonds is 6. The molecule has 6 heterocycles. The molecule has 0 spiro atoms. The van der Waals surface area contributed by atoms with Crippen molar-refractivity contribution in [2.75, 3.05) is 5.32 Å². The first-order valence-corrected chi connectivity index (χ1v) is 12.6. The Morgan fingerprint density at radius 1 is 0.850 bits per heavy atom. The van der Waals surface area contributed by atoms with E-state index in [1.54, 1.807) is 31.0 Å². The molecule has 192 valence electrons. The summed E-state index contributed by atoms with van der Waals surface area (Å²) in [7, 11) is 0. The number of imidazole rings is 1. The molecule has 0 aliphatic rings. The quantitative estimate of drug-likeness (QED) is 0.272. The van der Waals surface area contributed by atoms with E-state index in [1.165, 1.54) is 0 Å². The van der Waals surface area contributed by atoms with Gasteiger partial charge in [0.05, 0.1) is 41.2 Å². The van der Waals surface area contributed by atoms with Crippen LogP contribution in [0.2, 0.25) is 0 Å². The molecule has 40 heavy (non-hydrogen) atoms. The lowest BCUT2D eigenvalue weighted by atomic mass is 10.1. The normalized spacial score (nSPS) is 11.2. The first-order chi connectivity index (χ1) is 19.7. The second-order valence-corrected chi connectivity index (χ2v) is 9.24. The summed E-state index contributed by atoms with van der Waals surface area (Å²) in [6.07, 6.45) is 10.6. The minimum absolute atomic E-state index is 0.116. The molecule has 7 aromatic rings. The highest BCUT2D eigenvalue weighted by Crippen LogP contribution is 2.31. The first-order valence-electron chi connectivity index (χ1n) is 12.6. The number of fused-ring (bicyclic) bond motifs is 2. The van der Waals surface area contributed by atoms with E-state index in [4.69, 9.17) is 4.98 Å². The molecular weight excluding hydrogens is 502 g/mol. The van der Waals surface area contributed by atoms with Gasteiger partial charge in [-0.15, -0.1) is 0 Å². The van der Waals surface area contributed by atoms with Crippen LogP contribution >= 0.6 is 0 Å². The van der Waals surface area contributed by atoms with E-state index >= 15 is 0 Å². The van der Waals surface area contributed by atoms with Crippen molar-refractivity contribution in [1.29, 1.82) is 0 Å². The van der Waals surface area contributed by atoms with Crippen LogP contribution in [0.15, 0.2) is 97.8 Å². The van der Waals surface area contributed by atoms with E-state index in [-0.39, 0.29) is 12.3 Å². The Morgan fingerprint density at radius 2 is 1.75 bits per heavy atom. The number of aromatic nitrogens is 8. The number of amides is 1. The van der Waals surface area contributed by atoms with Gasteiger partial charge in [0.2, 0.25) is 5.91 Å². The Labute approximate surface area is 227 Å². The maximum absolute atomic E-state index is 12.6. The summed E-state index contributed by atoms with van der Waals surface area (Å²) in [4.78, 5) is 38.3. The van der Waals surface area contributed by atoms with E-state index < -0.39 is 0 Å². The standard InChI is InChI=1S/C30H21N9O/c40-26(11-18-5-2-1-3-6-18)35-21-12-20(15-32-16-21)24-13-23-25(17-34-24)38-39-28(23)30-36-27-22(8-10-33-29(27)37-30)19-7-4-9-31-14-19/h1-10,12-17H,11H2,(H,35,40)(H,38,39)(H,33,36,37). The number of carbonyl (C=O) groups excluding carboxylic acids is 1. The predicted molar refractivity (Wildman–Crippen MR) is 152 cm³/mol. The molecule has 0 unspecified atom stereocenters. The Morgan fingerprint density at radius 3 is 2.62 bits per heavy atom. The number of nitrogens with one attached hydrogen (secondary N) is 3. The SMILES string of the molecule is O=C(Cc1ccccc1)Nc1cncc(-c2cc3c(-c4nc5nccc(-c6cccnc6)c5[nH]4)n[nH]c3cn2)c1. The molecule has 10 heteroatoms. The van der Waals surface area contributed by atoms with Gasteiger partial charge >= 0.3 is 0 Å². The van der Waals surface area contributed by atoms with Crippen molar-refractivity contribution >= 4 is 33.7 Å². The Kier molecular flexibility index (Phi) is 5.74. The summed E-state index contributed by atoms with van der Waals surface area (Å²) in [6, 6.07) is 19.2. The summed E-state index contributed by atoms with van der Waals surface area (Å²) in [5.74, 6) is 0.470. The molecule has 0 aliphatic heterocycles. The van der Waals surface area contributed by atoms with Crippen molar-refractivity contribution < 1.29 is 4.79 Å². The highest BCUT2D eigenvalue weighted by Gasteiger charge is 2.17. The van der Waals surface area contributed by atoms with E-state index in [2.05, 4.69) is 40.4 Å². The summed E-state index contributed by atoms with van der Waals surface area (Å²) in [5, 5.41) is 11.3. The molecular formula is C30H21N9O. The monoisotopic (exact) mass is 523 g/mol. The number of aromatic amines is 2. The van der Waals surface area contributed by atoms with Crippen molar-refractivity contribution in [2.24, 2.45) is 0 Å². The lowest BCUT2D eigenvalue weighted by Gasteiger charge is -2.07. The van der Waals surface area contributed by atoms with Crippen molar-refractivity contribution in [3.63, 3.8) is 0 Å². The van der Waals surface area contributed by atoms with Crippen LogP contribution in [0.25, 0.3) is 56.0 Å². The predicted octanol–water partition coefficient (Wildman–Crippen LogP) is 5.20. The minimum Gasteiger partial charge on any atom is -0.335 e. The molecule has 0 saturated carbocycles. The number of nitrogens with zero attached hydrogens (tertiary/aromatic N) is 6. The van der Waals surface area contributed by atoms with Crippen LogP contribution in [0.4, 0.5) is 5.69 Å². The smallest absolute Gasteiger partial charge is 0.228 e. The molecule has 0 bridgehead atoms. The second-order valence-electron chi connectivity index (χ2n) is 9.24. The molecule has 0 atom stereocenters. The zero-order valence-electron chi connectivity index (χ0n) is 21.0. The van der Waals surface area contributed by atoms with E-state index in [1.807, 2.05) is 66.9 Å². The van der Waals surface area contributed by atoms with Crippen molar-refractivity contribution in [2.45, 2.75) is 6.42 Å². The molecule has 0 radical (unpaired) electrons. The highest BCUT2D eigenvalue weighted by molar-refractivity contribution is 5.97. The number of hydrogen-bond donors (Lipinski definition) is 3. The van der Waals surface area contributed by atoms with E-state index in [9.17, 15) is 4.79 Å². The number of anilines is 1. The summed E-state index contributed by atoms with van der Waals surface area (Å²) in [6.45, 7) is 0. The number of benzene rings is 1. The average Bonchev–Trinajstić information content (AvgIpc) is 3.62. The van der Waals surface area contributed by atoms with E-state index in [0.29, 0.717) is 28.5 Å². The second kappa shape index (κ2) is 9.84. The molecule has 0 saturated heterocycles. The number of hydrogen-bond acceptors (Lipinski definition) is 7. The largest absolute Gasteiger partial charge is 0.335 e. The number of carbonyl (C=O) groups is 1. The van der Waals surface area contributed by atoms with Gasteiger partial charge in [0.1, 0.15) is 5.69 Å². The Balaban J connectivity index is 1.21. The van der Waals surface area contributed by atoms with Gasteiger partial charge in [0.15, 0.2) is 11.5 Å². The fraction of sp³-hybridized carbons (Fsp3) is 0.0333. The van der Waals surface area contributed by atoms with Crippen molar-refractivity contribution in [3.05, 3.63) is 103 Å². The fourth-order valence-electron chi connectivity index (χ4n) is 4.68. The van der Waals surface area contributed by atoms with Crippen LogP contribution in [-0.4, -0.2) is 46.0 Å². The summed E-state index contributed by atoms with van der Waals surface area (Å²) < 4.78 is 0. The van der Waals surface area contributed by atoms with Crippen LogP contribution in [-0.2, 0) is 11.2 Å². The van der Waals surface area contributed by atoms with Crippen LogP contribution < -0.4 is 5.32 Å². The minimum atomic E-state index is -0.116. The third kappa shape index (κ3) is 4.43. The molecule has 3 N–H and O–H groups in total. The van der Waals surface area contributed by atoms with Gasteiger partial charge in [-0.25, -0.2) is 9.97 Å². The van der Waals surface area contributed by atoms with Crippen LogP contribution in [0.3, 0.4) is 0 Å². The van der Waals surface area contributed by atoms with Gasteiger partial charge in [-0.3, -0.25) is 24.8 Å². The van der Waals surface area contributed by atoms with Crippen LogP contribution in [0.5, 0.6) is 0 Å². The number of H-pyrrole nitrogens is 2. The molecule has 0 aliphatic carbocycles. The third-order valence-electron chi connectivity index (χ3n) is 6.56. The van der Waals surface area contributed by atoms with Gasteiger partial charge in [-0.1, -0.05) is 36.4 Å². The van der Waals surface area contributed by atoms with Gasteiger partial charge in [0.25, 0.3) is 0 Å². The first kappa shape index (κ1) is 23.4. The molecule has 6 aromatic heterocycles. The highest BCUT2D eigenvalue weighted by atomic mass is 16.1. The summed E-state index contributed by atoms with van der Waals surface area (Å²) in [5.41, 5.74) is 7.71. The maximum atomic E-state index is 12.6. The molecule has 10 nitrogen and oxygen atoms in total. The Hall–Kier alpha value is -5.77. The average molecular weight is 524 g/mol. The van der Waals surface area contributed by atoms with Gasteiger partial charge < -0.3 is 10.3 Å². The van der Waals surface area contributed by atoms with Gasteiger partial charge in [0, 0.05) is 46.9 Å². The van der Waals surface area contributed by atoms with Crippen molar-refractivity contribution in [3.8, 4) is 33.9 Å². The molecule has 1 aromatic carbocycles. The molecule has 1 amide bonds. The third-order valence-corrected chi connectivity index (χ3v) is 6.56. The molecule has 0 fully saturated rings. The Bertz CT molecular complexity index is 1980. The zero-order valence-corrected chi connectivity index (χ0v) is 21.0.